The fourth-order valence-electron chi connectivity index (χ4n) is 11.3. The second-order valence-electron chi connectivity index (χ2n) is 16.5. The van der Waals surface area contributed by atoms with Crippen LogP contribution in [0.25, 0.3) is 0 Å². The first kappa shape index (κ1) is 33.1. The average Bonchev–Trinajstić information content (AvgIpc) is 3.29. The van der Waals surface area contributed by atoms with Gasteiger partial charge in [-0.3, -0.25) is 4.79 Å². The third-order valence-corrected chi connectivity index (χ3v) is 14.1. The highest BCUT2D eigenvalue weighted by molar-refractivity contribution is 5.69. The lowest BCUT2D eigenvalue weighted by atomic mass is 9.43. The number of carbonyl (C=O) groups is 1. The number of unbranched alkanes of at least 4 members (excludes halogenated alkanes) is 5. The van der Waals surface area contributed by atoms with Crippen LogP contribution in [-0.4, -0.2) is 12.1 Å². The Kier molecular flexibility index (Phi) is 11.2. The number of fused-ring (bicyclic) bond motifs is 5. The second-order valence-corrected chi connectivity index (χ2v) is 16.5. The molecule has 0 aromatic rings. The molecule has 0 aromatic carbocycles. The van der Waals surface area contributed by atoms with E-state index in [1.807, 2.05) is 0 Å². The van der Waals surface area contributed by atoms with Crippen LogP contribution in [0.15, 0.2) is 11.6 Å². The highest BCUT2D eigenvalue weighted by Crippen LogP contribution is 2.69. The van der Waals surface area contributed by atoms with Gasteiger partial charge in [-0.25, -0.2) is 0 Å². The zero-order chi connectivity index (χ0) is 29.9. The summed E-state index contributed by atoms with van der Waals surface area (Å²) in [6.07, 6.45) is 21.6. The van der Waals surface area contributed by atoms with Crippen LogP contribution in [0, 0.1) is 64.1 Å². The molecule has 4 aliphatic carbocycles. The number of allylic oxidation sites excluding steroid dienone is 2. The summed E-state index contributed by atoms with van der Waals surface area (Å²) in [5.41, 5.74) is 2.55. The van der Waals surface area contributed by atoms with Crippen LogP contribution in [0.1, 0.15) is 159 Å². The van der Waals surface area contributed by atoms with E-state index in [1.165, 1.54) is 77.0 Å². The fourth-order valence-corrected chi connectivity index (χ4v) is 11.3. The molecule has 11 atom stereocenters. The molecule has 0 unspecified atom stereocenters. The summed E-state index contributed by atoms with van der Waals surface area (Å²) in [6.45, 7) is 22.1. The number of carbonyl (C=O) groups excluding carboxylic acids is 1. The Morgan fingerprint density at radius 2 is 1.46 bits per heavy atom. The van der Waals surface area contributed by atoms with E-state index in [2.05, 4.69) is 68.4 Å². The summed E-state index contributed by atoms with van der Waals surface area (Å²) in [7, 11) is 0. The standard InChI is InChI=1S/C39H68O2/c1-10-11-12-13-14-15-16-37(40)41-36-22-24-39(9)33(30(36)7)18-17-31-34-20-19-32(38(34,8)23-21-35(31)39)28(5)25-27(4)29(6)26(2)3/h25-26,28-36H,10-24H2,1-9H3/b27-25+/t28-,29-,30+,31+,32-,33+,34+,35+,36+,38-,39+/m1/s1. The van der Waals surface area contributed by atoms with E-state index in [1.54, 1.807) is 5.57 Å². The molecule has 0 bridgehead atoms. The number of hydrogen-bond acceptors (Lipinski definition) is 2. The second kappa shape index (κ2) is 13.9. The van der Waals surface area contributed by atoms with E-state index in [0.29, 0.717) is 40.9 Å². The molecule has 2 heteroatoms. The van der Waals surface area contributed by atoms with Crippen LogP contribution in [0.3, 0.4) is 0 Å². The van der Waals surface area contributed by atoms with Gasteiger partial charge in [-0.15, -0.1) is 0 Å². The Bertz CT molecular complexity index is 888. The highest BCUT2D eigenvalue weighted by atomic mass is 16.5. The Labute approximate surface area is 255 Å². The molecule has 0 aliphatic heterocycles. The van der Waals surface area contributed by atoms with Gasteiger partial charge in [0.1, 0.15) is 6.10 Å². The minimum Gasteiger partial charge on any atom is -0.462 e. The molecule has 0 heterocycles. The predicted molar refractivity (Wildman–Crippen MR) is 175 cm³/mol. The van der Waals surface area contributed by atoms with Crippen molar-refractivity contribution in [1.29, 1.82) is 0 Å². The van der Waals surface area contributed by atoms with E-state index < -0.39 is 0 Å². The lowest BCUT2D eigenvalue weighted by Gasteiger charge is -2.62. The maximum absolute atomic E-state index is 12.8. The number of ether oxygens (including phenoxy) is 1. The molecule has 2 nitrogen and oxygen atoms in total. The molecule has 236 valence electrons. The molecule has 0 saturated heterocycles. The molecule has 0 amide bonds. The lowest BCUT2D eigenvalue weighted by molar-refractivity contribution is -0.175. The molecular weight excluding hydrogens is 500 g/mol. The van der Waals surface area contributed by atoms with E-state index in [0.717, 1.165) is 42.4 Å². The van der Waals surface area contributed by atoms with Gasteiger partial charge >= 0.3 is 5.97 Å². The van der Waals surface area contributed by atoms with Gasteiger partial charge in [-0.2, -0.15) is 0 Å². The Morgan fingerprint density at radius 1 is 0.829 bits per heavy atom. The normalized spacial score (nSPS) is 40.4. The van der Waals surface area contributed by atoms with Crippen molar-refractivity contribution in [2.75, 3.05) is 0 Å². The van der Waals surface area contributed by atoms with Crippen LogP contribution in [0.2, 0.25) is 0 Å². The quantitative estimate of drug-likeness (QED) is 0.133. The summed E-state index contributed by atoms with van der Waals surface area (Å²) < 4.78 is 6.21. The molecule has 0 aromatic heterocycles. The minimum atomic E-state index is 0.0706. The molecule has 0 N–H and O–H groups in total. The lowest BCUT2D eigenvalue weighted by Crippen LogP contribution is -2.56. The van der Waals surface area contributed by atoms with Gasteiger partial charge in [0, 0.05) is 6.42 Å². The van der Waals surface area contributed by atoms with Crippen molar-refractivity contribution < 1.29 is 9.53 Å². The number of hydrogen-bond donors (Lipinski definition) is 0. The molecule has 4 fully saturated rings. The van der Waals surface area contributed by atoms with Gasteiger partial charge in [-0.1, -0.05) is 99.1 Å². The third-order valence-electron chi connectivity index (χ3n) is 14.1. The summed E-state index contributed by atoms with van der Waals surface area (Å²) in [5, 5.41) is 0. The van der Waals surface area contributed by atoms with Gasteiger partial charge < -0.3 is 4.74 Å². The maximum Gasteiger partial charge on any atom is 0.306 e. The largest absolute Gasteiger partial charge is 0.462 e. The van der Waals surface area contributed by atoms with Gasteiger partial charge in [0.25, 0.3) is 0 Å². The van der Waals surface area contributed by atoms with Crippen LogP contribution in [-0.2, 0) is 9.53 Å². The first-order valence-electron chi connectivity index (χ1n) is 18.3. The summed E-state index contributed by atoms with van der Waals surface area (Å²) in [4.78, 5) is 12.8. The number of rotatable bonds is 12. The first-order valence-corrected chi connectivity index (χ1v) is 18.3. The summed E-state index contributed by atoms with van der Waals surface area (Å²) in [5.74, 6) is 6.91. The van der Waals surface area contributed by atoms with Crippen LogP contribution >= 0.6 is 0 Å². The van der Waals surface area contributed by atoms with E-state index >= 15 is 0 Å². The fraction of sp³-hybridized carbons (Fsp3) is 0.923. The third kappa shape index (κ3) is 6.82. The van der Waals surface area contributed by atoms with Crippen LogP contribution in [0.4, 0.5) is 0 Å². The Balaban J connectivity index is 1.36. The topological polar surface area (TPSA) is 26.3 Å². The molecule has 41 heavy (non-hydrogen) atoms. The van der Waals surface area contributed by atoms with Gasteiger partial charge in [0.05, 0.1) is 0 Å². The summed E-state index contributed by atoms with van der Waals surface area (Å²) >= 11 is 0. The first-order chi connectivity index (χ1) is 19.4. The molecule has 0 radical (unpaired) electrons. The smallest absolute Gasteiger partial charge is 0.306 e. The minimum absolute atomic E-state index is 0.0706. The molecule has 0 spiro atoms. The van der Waals surface area contributed by atoms with Gasteiger partial charge in [-0.05, 0) is 129 Å². The highest BCUT2D eigenvalue weighted by Gasteiger charge is 2.61. The Morgan fingerprint density at radius 3 is 2.17 bits per heavy atom. The maximum atomic E-state index is 12.8. The van der Waals surface area contributed by atoms with Crippen molar-refractivity contribution in [3.63, 3.8) is 0 Å². The molecular formula is C39H68O2. The van der Waals surface area contributed by atoms with Gasteiger partial charge in [0.2, 0.25) is 0 Å². The zero-order valence-electron chi connectivity index (χ0n) is 28.8. The van der Waals surface area contributed by atoms with Crippen molar-refractivity contribution in [3.05, 3.63) is 11.6 Å². The predicted octanol–water partition coefficient (Wildman–Crippen LogP) is 11.4. The molecule has 4 rings (SSSR count). The van der Waals surface area contributed by atoms with Crippen molar-refractivity contribution in [2.45, 2.75) is 165 Å². The number of esters is 1. The average molecular weight is 569 g/mol. The van der Waals surface area contributed by atoms with E-state index in [9.17, 15) is 4.79 Å². The van der Waals surface area contributed by atoms with E-state index in [4.69, 9.17) is 4.74 Å². The van der Waals surface area contributed by atoms with Gasteiger partial charge in [0.15, 0.2) is 0 Å². The zero-order valence-corrected chi connectivity index (χ0v) is 28.8. The van der Waals surface area contributed by atoms with Crippen LogP contribution < -0.4 is 0 Å². The van der Waals surface area contributed by atoms with Crippen molar-refractivity contribution in [2.24, 2.45) is 64.1 Å². The molecule has 4 aliphatic rings. The van der Waals surface area contributed by atoms with E-state index in [-0.39, 0.29) is 12.1 Å². The monoisotopic (exact) mass is 569 g/mol. The summed E-state index contributed by atoms with van der Waals surface area (Å²) in [6, 6.07) is 0. The van der Waals surface area contributed by atoms with Crippen molar-refractivity contribution >= 4 is 5.97 Å². The Hall–Kier alpha value is -0.790. The van der Waals surface area contributed by atoms with Crippen LogP contribution in [0.5, 0.6) is 0 Å². The molecule has 4 saturated carbocycles. The van der Waals surface area contributed by atoms with Crippen molar-refractivity contribution in [1.82, 2.24) is 0 Å². The van der Waals surface area contributed by atoms with Crippen molar-refractivity contribution in [3.8, 4) is 0 Å². The SMILES string of the molecule is CCCCCCCCC(=O)O[C@H]1CC[C@@]2(C)[C@@H](CC[C@@H]3[C@@H]2CC[C@]2(C)[C@@H]([C@H](C)/C=C(\C)[C@H](C)C(C)C)CC[C@@H]32)[C@@H]1C.